The Labute approximate surface area is 168 Å². The Morgan fingerprint density at radius 3 is 2.25 bits per heavy atom. The number of halogens is 2. The highest BCUT2D eigenvalue weighted by Crippen LogP contribution is 2.39. The van der Waals surface area contributed by atoms with E-state index >= 15 is 0 Å². The van der Waals surface area contributed by atoms with Crippen LogP contribution in [0.5, 0.6) is 17.2 Å². The Morgan fingerprint density at radius 1 is 1.11 bits per heavy atom. The predicted molar refractivity (Wildman–Crippen MR) is 106 cm³/mol. The van der Waals surface area contributed by atoms with Crippen molar-refractivity contribution in [2.24, 2.45) is 5.10 Å². The zero-order valence-electron chi connectivity index (χ0n) is 15.9. The maximum absolute atomic E-state index is 13.8. The molecule has 0 atom stereocenters. The molecule has 0 fully saturated rings. The van der Waals surface area contributed by atoms with Crippen molar-refractivity contribution in [3.8, 4) is 17.2 Å². The van der Waals surface area contributed by atoms with E-state index in [4.69, 9.17) is 25.8 Å². The van der Waals surface area contributed by atoms with Gasteiger partial charge in [-0.2, -0.15) is 5.10 Å². The number of hydrazone groups is 1. The third kappa shape index (κ3) is 5.36. The van der Waals surface area contributed by atoms with Crippen LogP contribution in [-0.4, -0.2) is 31.9 Å². The van der Waals surface area contributed by atoms with Crippen LogP contribution in [0.1, 0.15) is 36.7 Å². The van der Waals surface area contributed by atoms with Crippen molar-refractivity contribution in [2.45, 2.75) is 20.8 Å². The topological polar surface area (TPSA) is 69.2 Å². The molecule has 0 saturated heterocycles. The van der Waals surface area contributed by atoms with Gasteiger partial charge >= 0.3 is 0 Å². The Balaban J connectivity index is 2.27. The van der Waals surface area contributed by atoms with Crippen molar-refractivity contribution in [3.05, 3.63) is 52.3 Å². The molecule has 2 rings (SSSR count). The standard InChI is InChI=1S/C20H22ClFN2O4/c1-4-26-17-10-13(11-18(27-5-2)19(17)28-6-3)20(25)24-23-12-14-15(21)8-7-9-16(14)22/h7-12H,4-6H2,1-3H3,(H,24,25)/b23-12-. The van der Waals surface area contributed by atoms with Crippen molar-refractivity contribution in [2.75, 3.05) is 19.8 Å². The van der Waals surface area contributed by atoms with E-state index in [9.17, 15) is 9.18 Å². The molecule has 8 heteroatoms. The summed E-state index contributed by atoms with van der Waals surface area (Å²) in [6, 6.07) is 7.35. The zero-order valence-corrected chi connectivity index (χ0v) is 16.7. The van der Waals surface area contributed by atoms with E-state index in [0.717, 1.165) is 6.21 Å². The molecule has 0 radical (unpaired) electrons. The highest BCUT2D eigenvalue weighted by molar-refractivity contribution is 6.33. The lowest BCUT2D eigenvalue weighted by Crippen LogP contribution is -2.18. The van der Waals surface area contributed by atoms with Gasteiger partial charge in [-0.25, -0.2) is 9.82 Å². The van der Waals surface area contributed by atoms with Crippen LogP contribution in [0.4, 0.5) is 4.39 Å². The van der Waals surface area contributed by atoms with E-state index < -0.39 is 11.7 Å². The number of carbonyl (C=O) groups is 1. The van der Waals surface area contributed by atoms with E-state index in [1.165, 1.54) is 30.3 Å². The van der Waals surface area contributed by atoms with Crippen molar-refractivity contribution in [3.63, 3.8) is 0 Å². The van der Waals surface area contributed by atoms with Crippen molar-refractivity contribution in [1.82, 2.24) is 5.43 Å². The lowest BCUT2D eigenvalue weighted by molar-refractivity contribution is 0.0954. The van der Waals surface area contributed by atoms with Gasteiger partial charge < -0.3 is 14.2 Å². The van der Waals surface area contributed by atoms with Crippen LogP contribution in [0.15, 0.2) is 35.4 Å². The van der Waals surface area contributed by atoms with Gasteiger partial charge in [-0.3, -0.25) is 4.79 Å². The van der Waals surface area contributed by atoms with E-state index in [-0.39, 0.29) is 16.1 Å². The maximum atomic E-state index is 13.8. The van der Waals surface area contributed by atoms with Gasteiger partial charge in [0.15, 0.2) is 11.5 Å². The second-order valence-electron chi connectivity index (χ2n) is 5.44. The molecule has 2 aromatic rings. The summed E-state index contributed by atoms with van der Waals surface area (Å²) in [5.41, 5.74) is 2.69. The van der Waals surface area contributed by atoms with Crippen molar-refractivity contribution in [1.29, 1.82) is 0 Å². The molecule has 0 aliphatic rings. The van der Waals surface area contributed by atoms with E-state index in [1.807, 2.05) is 20.8 Å². The lowest BCUT2D eigenvalue weighted by atomic mass is 10.1. The summed E-state index contributed by atoms with van der Waals surface area (Å²) in [5, 5.41) is 3.98. The number of hydrogen-bond donors (Lipinski definition) is 1. The molecule has 28 heavy (non-hydrogen) atoms. The SMILES string of the molecule is CCOc1cc(C(=O)N/N=C\c2c(F)cccc2Cl)cc(OCC)c1OCC. The van der Waals surface area contributed by atoms with Gasteiger partial charge in [0.2, 0.25) is 5.75 Å². The fraction of sp³-hybridized carbons (Fsp3) is 0.300. The summed E-state index contributed by atoms with van der Waals surface area (Å²) >= 11 is 5.93. The normalized spacial score (nSPS) is 10.8. The van der Waals surface area contributed by atoms with Crippen molar-refractivity contribution >= 4 is 23.7 Å². The fourth-order valence-corrected chi connectivity index (χ4v) is 2.59. The monoisotopic (exact) mass is 408 g/mol. The molecule has 0 spiro atoms. The van der Waals surface area contributed by atoms with Gasteiger partial charge in [0.05, 0.1) is 31.1 Å². The largest absolute Gasteiger partial charge is 0.490 e. The Bertz CT molecular complexity index is 811. The Kier molecular flexibility index (Phi) is 8.07. The number of hydrogen-bond acceptors (Lipinski definition) is 5. The van der Waals surface area contributed by atoms with Crippen LogP contribution in [-0.2, 0) is 0 Å². The molecule has 2 aromatic carbocycles. The number of nitrogens with zero attached hydrogens (tertiary/aromatic N) is 1. The first kappa shape index (κ1) is 21.5. The maximum Gasteiger partial charge on any atom is 0.271 e. The van der Waals surface area contributed by atoms with Crippen molar-refractivity contribution < 1.29 is 23.4 Å². The molecule has 6 nitrogen and oxygen atoms in total. The summed E-state index contributed by atoms with van der Waals surface area (Å²) in [6.45, 7) is 6.69. The average molecular weight is 409 g/mol. The molecule has 0 saturated carbocycles. The van der Waals surface area contributed by atoms with Crippen LogP contribution < -0.4 is 19.6 Å². The number of rotatable bonds is 9. The van der Waals surface area contributed by atoms with Gasteiger partial charge in [0, 0.05) is 11.1 Å². The number of carbonyl (C=O) groups excluding carboxylic acids is 1. The predicted octanol–water partition coefficient (Wildman–Crippen LogP) is 4.44. The first-order chi connectivity index (χ1) is 13.5. The summed E-state index contributed by atoms with van der Waals surface area (Å²) in [4.78, 5) is 12.5. The molecule has 0 aliphatic heterocycles. The quantitative estimate of drug-likeness (QED) is 0.492. The van der Waals surface area contributed by atoms with Gasteiger partial charge in [-0.05, 0) is 45.0 Å². The molecule has 1 N–H and O–H groups in total. The van der Waals surface area contributed by atoms with Gasteiger partial charge in [-0.15, -0.1) is 0 Å². The molecule has 0 aromatic heterocycles. The second-order valence-corrected chi connectivity index (χ2v) is 5.84. The Morgan fingerprint density at radius 2 is 1.71 bits per heavy atom. The summed E-state index contributed by atoms with van der Waals surface area (Å²) in [5.74, 6) is 0.157. The number of amides is 1. The minimum atomic E-state index is -0.538. The molecule has 1 amide bonds. The van der Waals surface area contributed by atoms with Crippen LogP contribution in [0.3, 0.4) is 0 Å². The lowest BCUT2D eigenvalue weighted by Gasteiger charge is -2.16. The third-order valence-corrected chi connectivity index (χ3v) is 3.86. The molecular formula is C20H22ClFN2O4. The smallest absolute Gasteiger partial charge is 0.271 e. The minimum Gasteiger partial charge on any atom is -0.490 e. The van der Waals surface area contributed by atoms with Gasteiger partial charge in [0.25, 0.3) is 5.91 Å². The van der Waals surface area contributed by atoms with Gasteiger partial charge in [-0.1, -0.05) is 17.7 Å². The van der Waals surface area contributed by atoms with E-state index in [0.29, 0.717) is 37.1 Å². The summed E-state index contributed by atoms with van der Waals surface area (Å²) in [6.07, 6.45) is 1.15. The first-order valence-corrected chi connectivity index (χ1v) is 9.23. The molecular weight excluding hydrogens is 387 g/mol. The minimum absolute atomic E-state index is 0.0844. The van der Waals surface area contributed by atoms with E-state index in [2.05, 4.69) is 10.5 Å². The Hall–Kier alpha value is -2.80. The van der Waals surface area contributed by atoms with Gasteiger partial charge in [0.1, 0.15) is 5.82 Å². The number of nitrogens with one attached hydrogen (secondary N) is 1. The van der Waals surface area contributed by atoms with Crippen LogP contribution in [0.2, 0.25) is 5.02 Å². The van der Waals surface area contributed by atoms with Crippen LogP contribution >= 0.6 is 11.6 Å². The molecule has 150 valence electrons. The zero-order chi connectivity index (χ0) is 20.5. The molecule has 0 heterocycles. The molecule has 0 aliphatic carbocycles. The first-order valence-electron chi connectivity index (χ1n) is 8.85. The number of benzene rings is 2. The fourth-order valence-electron chi connectivity index (χ4n) is 2.37. The second kappa shape index (κ2) is 10.5. The van der Waals surface area contributed by atoms with Crippen LogP contribution in [0.25, 0.3) is 0 Å². The van der Waals surface area contributed by atoms with Crippen LogP contribution in [0, 0.1) is 5.82 Å². The highest BCUT2D eigenvalue weighted by Gasteiger charge is 2.18. The summed E-state index contributed by atoms with van der Waals surface area (Å²) < 4.78 is 30.5. The molecule has 0 bridgehead atoms. The highest BCUT2D eigenvalue weighted by atomic mass is 35.5. The summed E-state index contributed by atoms with van der Waals surface area (Å²) in [7, 11) is 0. The average Bonchev–Trinajstić information content (AvgIpc) is 2.66. The number of ether oxygens (including phenoxy) is 3. The molecule has 0 unspecified atom stereocenters. The third-order valence-electron chi connectivity index (χ3n) is 3.53. The van der Waals surface area contributed by atoms with E-state index in [1.54, 1.807) is 0 Å².